The summed E-state index contributed by atoms with van der Waals surface area (Å²) in [5, 5.41) is -0.0214. The van der Waals surface area contributed by atoms with E-state index in [9.17, 15) is 26.4 Å². The van der Waals surface area contributed by atoms with Crippen molar-refractivity contribution in [2.24, 2.45) is 0 Å². The molecule has 0 aliphatic carbocycles. The van der Waals surface area contributed by atoms with E-state index in [1.54, 1.807) is 4.72 Å². The van der Waals surface area contributed by atoms with E-state index in [4.69, 9.17) is 16.3 Å². The maximum atomic E-state index is 12.7. The fourth-order valence-electron chi connectivity index (χ4n) is 1.79. The number of nitrogens with one attached hydrogen (secondary N) is 1. The summed E-state index contributed by atoms with van der Waals surface area (Å²) in [7, 11) is -3.71. The van der Waals surface area contributed by atoms with Crippen LogP contribution in [0.1, 0.15) is 15.9 Å². The van der Waals surface area contributed by atoms with Gasteiger partial charge in [-0.15, -0.1) is 0 Å². The number of ether oxygens (including phenoxy) is 1. The molecule has 1 N–H and O–H groups in total. The van der Waals surface area contributed by atoms with Gasteiger partial charge in [0.15, 0.2) is 0 Å². The van der Waals surface area contributed by atoms with E-state index in [2.05, 4.69) is 0 Å². The molecule has 0 spiro atoms. The molecule has 2 rings (SSSR count). The van der Waals surface area contributed by atoms with Crippen molar-refractivity contribution in [3.05, 3.63) is 58.6 Å². The third-order valence-corrected chi connectivity index (χ3v) is 3.75. The first kappa shape index (κ1) is 19.1. The number of rotatable bonds is 4. The molecule has 0 atom stereocenters. The summed E-state index contributed by atoms with van der Waals surface area (Å²) < 4.78 is 67.3. The summed E-state index contributed by atoms with van der Waals surface area (Å²) in [6.07, 6.45) is -3.71. The minimum Gasteiger partial charge on any atom is -0.456 e. The SMILES string of the molecule is CS(=O)(=O)NC(=O)c1ccc(Oc2cc(C(F)(F)F)ccc2Cl)cc1. The third-order valence-electron chi connectivity index (χ3n) is 2.88. The lowest BCUT2D eigenvalue weighted by atomic mass is 10.2. The van der Waals surface area contributed by atoms with E-state index < -0.39 is 27.7 Å². The molecule has 25 heavy (non-hydrogen) atoms. The molecule has 0 aliphatic heterocycles. The molecule has 2 aromatic rings. The van der Waals surface area contributed by atoms with Crippen LogP contribution in [-0.4, -0.2) is 20.6 Å². The summed E-state index contributed by atoms with van der Waals surface area (Å²) in [5.41, 5.74) is -0.885. The van der Waals surface area contributed by atoms with Gasteiger partial charge in [0.2, 0.25) is 10.0 Å². The van der Waals surface area contributed by atoms with Crippen molar-refractivity contribution >= 4 is 27.5 Å². The standard InChI is InChI=1S/C15H11ClF3NO4S/c1-25(22,23)20-14(21)9-2-5-11(6-3-9)24-13-8-10(15(17,18)19)4-7-12(13)16/h2-8H,1H3,(H,20,21). The second kappa shape index (κ2) is 6.93. The zero-order valence-corrected chi connectivity index (χ0v) is 14.2. The number of hydrogen-bond acceptors (Lipinski definition) is 4. The zero-order valence-electron chi connectivity index (χ0n) is 12.6. The number of benzene rings is 2. The van der Waals surface area contributed by atoms with E-state index in [1.807, 2.05) is 0 Å². The van der Waals surface area contributed by atoms with Gasteiger partial charge in [-0.3, -0.25) is 4.79 Å². The quantitative estimate of drug-likeness (QED) is 0.856. The fraction of sp³-hybridized carbons (Fsp3) is 0.133. The fourth-order valence-corrected chi connectivity index (χ4v) is 2.40. The normalized spacial score (nSPS) is 11.9. The summed E-state index contributed by atoms with van der Waals surface area (Å²) >= 11 is 5.83. The average Bonchev–Trinajstić information content (AvgIpc) is 2.47. The molecule has 0 unspecified atom stereocenters. The molecule has 0 aliphatic rings. The first-order valence-corrected chi connectivity index (χ1v) is 8.89. The van der Waals surface area contributed by atoms with Gasteiger partial charge in [-0.25, -0.2) is 13.1 Å². The van der Waals surface area contributed by atoms with Crippen LogP contribution in [0.15, 0.2) is 42.5 Å². The molecule has 1 amide bonds. The second-order valence-electron chi connectivity index (χ2n) is 4.97. The van der Waals surface area contributed by atoms with Crippen molar-refractivity contribution in [2.45, 2.75) is 6.18 Å². The van der Waals surface area contributed by atoms with E-state index in [0.29, 0.717) is 0 Å². The molecule has 0 bridgehead atoms. The lowest BCUT2D eigenvalue weighted by Crippen LogP contribution is -2.29. The Hall–Kier alpha value is -2.26. The van der Waals surface area contributed by atoms with Gasteiger partial charge in [-0.05, 0) is 42.5 Å². The van der Waals surface area contributed by atoms with Crippen LogP contribution in [-0.2, 0) is 16.2 Å². The molecule has 134 valence electrons. The predicted molar refractivity (Wildman–Crippen MR) is 85.3 cm³/mol. The van der Waals surface area contributed by atoms with Crippen molar-refractivity contribution in [2.75, 3.05) is 6.26 Å². The highest BCUT2D eigenvalue weighted by atomic mass is 35.5. The van der Waals surface area contributed by atoms with Crippen LogP contribution in [0.25, 0.3) is 0 Å². The molecule has 5 nitrogen and oxygen atoms in total. The van der Waals surface area contributed by atoms with Crippen molar-refractivity contribution < 1.29 is 31.1 Å². The van der Waals surface area contributed by atoms with Crippen molar-refractivity contribution in [1.29, 1.82) is 0 Å². The van der Waals surface area contributed by atoms with Crippen molar-refractivity contribution in [3.8, 4) is 11.5 Å². The Morgan fingerprint density at radius 1 is 1.12 bits per heavy atom. The van der Waals surface area contributed by atoms with Crippen LogP contribution in [0.3, 0.4) is 0 Å². The van der Waals surface area contributed by atoms with Crippen LogP contribution in [0.2, 0.25) is 5.02 Å². The summed E-state index contributed by atoms with van der Waals surface area (Å²) in [6, 6.07) is 7.77. The number of hydrogen-bond donors (Lipinski definition) is 1. The zero-order chi connectivity index (χ0) is 18.8. The summed E-state index contributed by atoms with van der Waals surface area (Å²) in [5.74, 6) is -0.923. The molecule has 0 aromatic heterocycles. The molecule has 2 aromatic carbocycles. The molecule has 0 saturated heterocycles. The van der Waals surface area contributed by atoms with Gasteiger partial charge in [0, 0.05) is 5.56 Å². The Labute approximate surface area is 146 Å². The smallest absolute Gasteiger partial charge is 0.416 e. The van der Waals surface area contributed by atoms with Gasteiger partial charge in [-0.2, -0.15) is 13.2 Å². The lowest BCUT2D eigenvalue weighted by Gasteiger charge is -2.12. The highest BCUT2D eigenvalue weighted by Crippen LogP contribution is 2.36. The third kappa shape index (κ3) is 5.36. The number of carbonyl (C=O) groups excluding carboxylic acids is 1. The first-order valence-electron chi connectivity index (χ1n) is 6.62. The van der Waals surface area contributed by atoms with Crippen LogP contribution in [0, 0.1) is 0 Å². The van der Waals surface area contributed by atoms with Gasteiger partial charge < -0.3 is 4.74 Å². The first-order chi connectivity index (χ1) is 11.5. The van der Waals surface area contributed by atoms with Crippen LogP contribution < -0.4 is 9.46 Å². The van der Waals surface area contributed by atoms with E-state index in [0.717, 1.165) is 24.5 Å². The van der Waals surface area contributed by atoms with Gasteiger partial charge in [-0.1, -0.05) is 11.6 Å². The number of sulfonamides is 1. The largest absolute Gasteiger partial charge is 0.456 e. The van der Waals surface area contributed by atoms with Gasteiger partial charge in [0.05, 0.1) is 16.8 Å². The molecular weight excluding hydrogens is 383 g/mol. The van der Waals surface area contributed by atoms with Crippen LogP contribution >= 0.6 is 11.6 Å². The van der Waals surface area contributed by atoms with Crippen LogP contribution in [0.5, 0.6) is 11.5 Å². The molecule has 0 fully saturated rings. The number of carbonyl (C=O) groups is 1. The Morgan fingerprint density at radius 3 is 2.24 bits per heavy atom. The van der Waals surface area contributed by atoms with E-state index in [-0.39, 0.29) is 22.1 Å². The van der Waals surface area contributed by atoms with Crippen molar-refractivity contribution in [3.63, 3.8) is 0 Å². The lowest BCUT2D eigenvalue weighted by molar-refractivity contribution is -0.137. The Morgan fingerprint density at radius 2 is 1.72 bits per heavy atom. The molecule has 0 heterocycles. The van der Waals surface area contributed by atoms with Crippen LogP contribution in [0.4, 0.5) is 13.2 Å². The van der Waals surface area contributed by atoms with Gasteiger partial charge in [0.1, 0.15) is 11.5 Å². The van der Waals surface area contributed by atoms with E-state index in [1.165, 1.54) is 24.3 Å². The topological polar surface area (TPSA) is 72.5 Å². The number of amides is 1. The van der Waals surface area contributed by atoms with Gasteiger partial charge in [0.25, 0.3) is 5.91 Å². The monoisotopic (exact) mass is 393 g/mol. The summed E-state index contributed by atoms with van der Waals surface area (Å²) in [4.78, 5) is 11.7. The maximum absolute atomic E-state index is 12.7. The number of halogens is 4. The molecule has 10 heteroatoms. The average molecular weight is 394 g/mol. The Kier molecular flexibility index (Phi) is 5.28. The molecule has 0 radical (unpaired) electrons. The highest BCUT2D eigenvalue weighted by molar-refractivity contribution is 7.89. The summed E-state index contributed by atoms with van der Waals surface area (Å²) in [6.45, 7) is 0. The predicted octanol–water partition coefficient (Wildman–Crippen LogP) is 3.84. The highest BCUT2D eigenvalue weighted by Gasteiger charge is 2.31. The van der Waals surface area contributed by atoms with Gasteiger partial charge >= 0.3 is 6.18 Å². The molecular formula is C15H11ClF3NO4S. The number of alkyl halides is 3. The van der Waals surface area contributed by atoms with E-state index >= 15 is 0 Å². The molecule has 0 saturated carbocycles. The Bertz CT molecular complexity index is 896. The van der Waals surface area contributed by atoms with Crippen molar-refractivity contribution in [1.82, 2.24) is 4.72 Å². The second-order valence-corrected chi connectivity index (χ2v) is 7.13. The minimum absolute atomic E-state index is 0.0214. The maximum Gasteiger partial charge on any atom is 0.416 e. The minimum atomic E-state index is -4.55. The Balaban J connectivity index is 2.21.